The molecule has 1 aliphatic heterocycles. The van der Waals surface area contributed by atoms with Crippen molar-refractivity contribution in [2.75, 3.05) is 0 Å². The van der Waals surface area contributed by atoms with Crippen molar-refractivity contribution in [2.24, 2.45) is 0 Å². The highest BCUT2D eigenvalue weighted by molar-refractivity contribution is 5.70. The van der Waals surface area contributed by atoms with E-state index in [2.05, 4.69) is 5.32 Å². The lowest BCUT2D eigenvalue weighted by Gasteiger charge is -2.12. The average Bonchev–Trinajstić information content (AvgIpc) is 2.47. The van der Waals surface area contributed by atoms with Gasteiger partial charge in [-0.25, -0.2) is 4.79 Å². The van der Waals surface area contributed by atoms with Crippen molar-refractivity contribution in [3.8, 4) is 0 Å². The molecular weight excluding hydrogens is 166 g/mol. The lowest BCUT2D eigenvalue weighted by atomic mass is 10.0. The molecule has 0 aromatic heterocycles. The van der Waals surface area contributed by atoms with E-state index in [1.807, 2.05) is 37.3 Å². The Morgan fingerprint density at radius 2 is 2.00 bits per heavy atom. The monoisotopic (exact) mass is 177 g/mol. The van der Waals surface area contributed by atoms with Gasteiger partial charge in [0.05, 0.1) is 6.04 Å². The molecule has 1 heterocycles. The predicted molar refractivity (Wildman–Crippen MR) is 48.3 cm³/mol. The molecule has 1 N–H and O–H groups in total. The molecule has 1 aliphatic rings. The van der Waals surface area contributed by atoms with Gasteiger partial charge in [0.2, 0.25) is 0 Å². The number of cyclic esters (lactones) is 1. The first-order valence-corrected chi connectivity index (χ1v) is 4.29. The summed E-state index contributed by atoms with van der Waals surface area (Å²) in [6, 6.07) is 9.79. The molecule has 0 spiro atoms. The molecule has 0 radical (unpaired) electrons. The van der Waals surface area contributed by atoms with E-state index < -0.39 is 0 Å². The quantitative estimate of drug-likeness (QED) is 0.711. The predicted octanol–water partition coefficient (Wildman–Crippen LogP) is 1.86. The number of nitrogens with one attached hydrogen (secondary N) is 1. The van der Waals surface area contributed by atoms with Crippen molar-refractivity contribution in [1.29, 1.82) is 0 Å². The molecule has 1 aromatic rings. The van der Waals surface area contributed by atoms with Crippen LogP contribution in [0.4, 0.5) is 4.79 Å². The van der Waals surface area contributed by atoms with E-state index in [0.29, 0.717) is 0 Å². The van der Waals surface area contributed by atoms with Crippen molar-refractivity contribution in [3.63, 3.8) is 0 Å². The van der Waals surface area contributed by atoms with Crippen LogP contribution in [0, 0.1) is 0 Å². The molecule has 2 unspecified atom stereocenters. The molecule has 0 bridgehead atoms. The molecule has 3 heteroatoms. The SMILES string of the molecule is CC1NC(=O)OC1c1ccccc1. The van der Waals surface area contributed by atoms with Crippen LogP contribution in [0.1, 0.15) is 18.6 Å². The van der Waals surface area contributed by atoms with Crippen LogP contribution in [0.2, 0.25) is 0 Å². The van der Waals surface area contributed by atoms with E-state index in [1.165, 1.54) is 0 Å². The fourth-order valence-corrected chi connectivity index (χ4v) is 1.51. The average molecular weight is 177 g/mol. The second kappa shape index (κ2) is 3.09. The van der Waals surface area contributed by atoms with Crippen LogP contribution >= 0.6 is 0 Å². The van der Waals surface area contributed by atoms with Gasteiger partial charge in [-0.05, 0) is 12.5 Å². The molecule has 2 rings (SSSR count). The Balaban J connectivity index is 2.23. The number of carbonyl (C=O) groups is 1. The van der Waals surface area contributed by atoms with Crippen LogP contribution in [0.3, 0.4) is 0 Å². The fraction of sp³-hybridized carbons (Fsp3) is 0.300. The third kappa shape index (κ3) is 1.49. The molecule has 3 nitrogen and oxygen atoms in total. The van der Waals surface area contributed by atoms with E-state index >= 15 is 0 Å². The normalized spacial score (nSPS) is 26.7. The number of ether oxygens (including phenoxy) is 1. The molecule has 0 aliphatic carbocycles. The molecule has 68 valence electrons. The minimum absolute atomic E-state index is 0.0508. The number of carbonyl (C=O) groups excluding carboxylic acids is 1. The summed E-state index contributed by atoms with van der Waals surface area (Å²) < 4.78 is 5.11. The van der Waals surface area contributed by atoms with Gasteiger partial charge in [-0.2, -0.15) is 0 Å². The van der Waals surface area contributed by atoms with Gasteiger partial charge in [0.25, 0.3) is 0 Å². The van der Waals surface area contributed by atoms with E-state index in [1.54, 1.807) is 0 Å². The lowest BCUT2D eigenvalue weighted by molar-refractivity contribution is 0.134. The minimum Gasteiger partial charge on any atom is -0.439 e. The first-order valence-electron chi connectivity index (χ1n) is 4.29. The van der Waals surface area contributed by atoms with E-state index in [0.717, 1.165) is 5.56 Å². The van der Waals surface area contributed by atoms with E-state index in [9.17, 15) is 4.79 Å². The number of hydrogen-bond acceptors (Lipinski definition) is 2. The molecule has 1 saturated heterocycles. The van der Waals surface area contributed by atoms with Gasteiger partial charge in [-0.15, -0.1) is 0 Å². The van der Waals surface area contributed by atoms with Crippen LogP contribution in [-0.4, -0.2) is 12.1 Å². The molecule has 13 heavy (non-hydrogen) atoms. The van der Waals surface area contributed by atoms with E-state index in [4.69, 9.17) is 4.74 Å². The maximum absolute atomic E-state index is 10.9. The zero-order valence-corrected chi connectivity index (χ0v) is 7.36. The van der Waals surface area contributed by atoms with Gasteiger partial charge in [0.1, 0.15) is 6.10 Å². The Morgan fingerprint density at radius 1 is 1.31 bits per heavy atom. The Kier molecular flexibility index (Phi) is 1.93. The summed E-state index contributed by atoms with van der Waals surface area (Å²) in [7, 11) is 0. The van der Waals surface area contributed by atoms with Gasteiger partial charge in [-0.1, -0.05) is 30.3 Å². The Labute approximate surface area is 76.7 Å². The summed E-state index contributed by atoms with van der Waals surface area (Å²) in [5, 5.41) is 2.70. The number of amides is 1. The van der Waals surface area contributed by atoms with Crippen LogP contribution in [0.5, 0.6) is 0 Å². The summed E-state index contributed by atoms with van der Waals surface area (Å²) in [6.45, 7) is 1.93. The summed E-state index contributed by atoms with van der Waals surface area (Å²) in [5.41, 5.74) is 1.04. The summed E-state index contributed by atoms with van der Waals surface area (Å²) in [4.78, 5) is 10.9. The Bertz CT molecular complexity index is 310. The third-order valence-corrected chi connectivity index (χ3v) is 2.16. The second-order valence-electron chi connectivity index (χ2n) is 3.17. The van der Waals surface area contributed by atoms with Crippen LogP contribution in [0.25, 0.3) is 0 Å². The molecular formula is C10H11NO2. The van der Waals surface area contributed by atoms with Crippen molar-refractivity contribution < 1.29 is 9.53 Å². The zero-order valence-electron chi connectivity index (χ0n) is 7.36. The van der Waals surface area contributed by atoms with Crippen molar-refractivity contribution in [2.45, 2.75) is 19.1 Å². The van der Waals surface area contributed by atoms with Crippen LogP contribution in [-0.2, 0) is 4.74 Å². The standard InChI is InChI=1S/C10H11NO2/c1-7-9(13-10(12)11-7)8-5-3-2-4-6-8/h2-7,9H,1H3,(H,11,12). The highest BCUT2D eigenvalue weighted by atomic mass is 16.6. The topological polar surface area (TPSA) is 38.3 Å². The van der Waals surface area contributed by atoms with Gasteiger partial charge < -0.3 is 10.1 Å². The fourth-order valence-electron chi connectivity index (χ4n) is 1.51. The van der Waals surface area contributed by atoms with Crippen molar-refractivity contribution in [3.05, 3.63) is 35.9 Å². The summed E-state index contributed by atoms with van der Waals surface area (Å²) in [6.07, 6.45) is -0.477. The number of rotatable bonds is 1. The minimum atomic E-state index is -0.332. The molecule has 0 saturated carbocycles. The molecule has 1 fully saturated rings. The molecule has 2 atom stereocenters. The smallest absolute Gasteiger partial charge is 0.408 e. The van der Waals surface area contributed by atoms with E-state index in [-0.39, 0.29) is 18.2 Å². The van der Waals surface area contributed by atoms with Gasteiger partial charge in [0.15, 0.2) is 0 Å². The number of benzene rings is 1. The third-order valence-electron chi connectivity index (χ3n) is 2.16. The van der Waals surface area contributed by atoms with Gasteiger partial charge in [0, 0.05) is 0 Å². The Morgan fingerprint density at radius 3 is 2.54 bits per heavy atom. The van der Waals surface area contributed by atoms with Crippen molar-refractivity contribution >= 4 is 6.09 Å². The summed E-state index contributed by atoms with van der Waals surface area (Å²) >= 11 is 0. The molecule has 1 amide bonds. The lowest BCUT2D eigenvalue weighted by Crippen LogP contribution is -2.23. The summed E-state index contributed by atoms with van der Waals surface area (Å²) in [5.74, 6) is 0. The molecule has 1 aromatic carbocycles. The zero-order chi connectivity index (χ0) is 9.26. The Hall–Kier alpha value is -1.51. The highest BCUT2D eigenvalue weighted by Crippen LogP contribution is 2.25. The number of hydrogen-bond donors (Lipinski definition) is 1. The van der Waals surface area contributed by atoms with Gasteiger partial charge in [-0.3, -0.25) is 0 Å². The van der Waals surface area contributed by atoms with Crippen molar-refractivity contribution in [1.82, 2.24) is 5.32 Å². The first-order chi connectivity index (χ1) is 6.27. The first kappa shape index (κ1) is 8.10. The second-order valence-corrected chi connectivity index (χ2v) is 3.17. The maximum Gasteiger partial charge on any atom is 0.408 e. The number of alkyl carbamates (subject to hydrolysis) is 1. The van der Waals surface area contributed by atoms with Gasteiger partial charge >= 0.3 is 6.09 Å². The largest absolute Gasteiger partial charge is 0.439 e. The highest BCUT2D eigenvalue weighted by Gasteiger charge is 2.31. The van der Waals surface area contributed by atoms with Crippen LogP contribution < -0.4 is 5.32 Å². The maximum atomic E-state index is 10.9. The van der Waals surface area contributed by atoms with Crippen LogP contribution in [0.15, 0.2) is 30.3 Å².